The van der Waals surface area contributed by atoms with Gasteiger partial charge in [-0.25, -0.2) is 10.5 Å². The van der Waals surface area contributed by atoms with Gasteiger partial charge in [-0.05, 0) is 43.2 Å². The van der Waals surface area contributed by atoms with Gasteiger partial charge in [0.1, 0.15) is 4.32 Å². The van der Waals surface area contributed by atoms with Gasteiger partial charge < -0.3 is 15.2 Å². The van der Waals surface area contributed by atoms with Crippen LogP contribution < -0.4 is 0 Å². The zero-order valence-electron chi connectivity index (χ0n) is 17.9. The van der Waals surface area contributed by atoms with Crippen LogP contribution in [0.5, 0.6) is 5.88 Å². The van der Waals surface area contributed by atoms with Crippen LogP contribution in [0.25, 0.3) is 28.2 Å². The molecule has 1 aliphatic heterocycles. The van der Waals surface area contributed by atoms with Crippen LogP contribution in [0.4, 0.5) is 5.69 Å². The number of amides is 1. The van der Waals surface area contributed by atoms with E-state index in [1.54, 1.807) is 29.2 Å². The maximum atomic E-state index is 12.8. The van der Waals surface area contributed by atoms with Crippen molar-refractivity contribution in [2.75, 3.05) is 6.54 Å². The van der Waals surface area contributed by atoms with Gasteiger partial charge in [0, 0.05) is 23.9 Å². The molecule has 11 heteroatoms. The molecule has 2 aromatic heterocycles. The van der Waals surface area contributed by atoms with Crippen LogP contribution in [-0.4, -0.2) is 47.8 Å². The number of hydrogen-bond acceptors (Lipinski definition) is 8. The average molecular weight is 496 g/mol. The van der Waals surface area contributed by atoms with E-state index in [1.165, 1.54) is 11.8 Å². The highest BCUT2D eigenvalue weighted by Crippen LogP contribution is 2.37. The number of unbranched alkanes of at least 4 members (excludes halogenated alkanes) is 2. The molecule has 0 aliphatic carbocycles. The zero-order valence-corrected chi connectivity index (χ0v) is 19.6. The monoisotopic (exact) mass is 495 g/mol. The highest BCUT2D eigenvalue weighted by atomic mass is 32.2. The lowest BCUT2D eigenvalue weighted by Gasteiger charge is -2.13. The minimum atomic E-state index is -0.818. The number of carboxylic acids is 1. The van der Waals surface area contributed by atoms with Crippen molar-refractivity contribution in [3.05, 3.63) is 47.0 Å². The fraction of sp³-hybridized carbons (Fsp3) is 0.217. The molecule has 1 aliphatic rings. The molecule has 174 valence electrons. The largest absolute Gasteiger partial charge is 0.493 e. The number of aromatic nitrogens is 2. The molecule has 0 atom stereocenters. The first-order valence-electron chi connectivity index (χ1n) is 10.5. The molecule has 0 spiro atoms. The Hall–Kier alpha value is -3.57. The smallest absolute Gasteiger partial charge is 0.303 e. The number of carboxylic acid groups (broad SMARTS) is 1. The minimum Gasteiger partial charge on any atom is -0.493 e. The van der Waals surface area contributed by atoms with E-state index in [1.807, 2.05) is 18.2 Å². The molecule has 0 saturated carbocycles. The maximum Gasteiger partial charge on any atom is 0.303 e. The number of rotatable bonds is 9. The van der Waals surface area contributed by atoms with Crippen molar-refractivity contribution in [1.82, 2.24) is 14.9 Å². The van der Waals surface area contributed by atoms with Crippen LogP contribution >= 0.6 is 24.0 Å². The molecule has 3 heterocycles. The average Bonchev–Trinajstić information content (AvgIpc) is 3.27. The quantitative estimate of drug-likeness (QED) is 0.134. The first kappa shape index (κ1) is 23.6. The Morgan fingerprint density at radius 2 is 2.09 bits per heavy atom. The number of benzene rings is 1. The number of aromatic hydroxyl groups is 1. The molecule has 1 aromatic carbocycles. The molecule has 4 rings (SSSR count). The van der Waals surface area contributed by atoms with Gasteiger partial charge in [-0.15, -0.1) is 0 Å². The molecular weight excluding hydrogens is 474 g/mol. The Labute approximate surface area is 204 Å². The summed E-state index contributed by atoms with van der Waals surface area (Å²) in [6.07, 6.45) is 3.80. The topological polar surface area (TPSA) is 143 Å². The summed E-state index contributed by atoms with van der Waals surface area (Å²) in [6, 6.07) is 10.9. The van der Waals surface area contributed by atoms with Crippen molar-refractivity contribution in [2.45, 2.75) is 25.7 Å². The lowest BCUT2D eigenvalue weighted by atomic mass is 10.1. The first-order valence-corrected chi connectivity index (χ1v) is 11.8. The second-order valence-corrected chi connectivity index (χ2v) is 9.36. The molecule has 1 amide bonds. The number of H-pyrrole nitrogens is 1. The Morgan fingerprint density at radius 1 is 1.26 bits per heavy atom. The number of thiocarbonyl (C=S) groups is 1. The van der Waals surface area contributed by atoms with Crippen molar-refractivity contribution in [1.29, 1.82) is 5.53 Å². The van der Waals surface area contributed by atoms with Crippen molar-refractivity contribution in [3.8, 4) is 17.1 Å². The number of carbonyl (C=O) groups excluding carboxylic acids is 1. The predicted octanol–water partition coefficient (Wildman–Crippen LogP) is 5.44. The summed E-state index contributed by atoms with van der Waals surface area (Å²) in [4.78, 5) is 32.9. The number of thioether (sulfide) groups is 1. The van der Waals surface area contributed by atoms with Gasteiger partial charge >= 0.3 is 5.97 Å². The van der Waals surface area contributed by atoms with Gasteiger partial charge in [-0.3, -0.25) is 14.5 Å². The highest BCUT2D eigenvalue weighted by molar-refractivity contribution is 8.26. The number of hydrogen-bond donors (Lipinski definition) is 4. The number of carbonyl (C=O) groups is 2. The molecule has 34 heavy (non-hydrogen) atoms. The van der Waals surface area contributed by atoms with E-state index < -0.39 is 5.97 Å². The van der Waals surface area contributed by atoms with E-state index in [-0.39, 0.29) is 23.9 Å². The lowest BCUT2D eigenvalue weighted by molar-refractivity contribution is -0.137. The fourth-order valence-electron chi connectivity index (χ4n) is 3.68. The van der Waals surface area contributed by atoms with E-state index in [0.717, 1.165) is 5.56 Å². The minimum absolute atomic E-state index is 0.123. The van der Waals surface area contributed by atoms with E-state index in [2.05, 4.69) is 15.1 Å². The molecule has 1 fully saturated rings. The summed E-state index contributed by atoms with van der Waals surface area (Å²) in [6.45, 7) is 0.460. The Morgan fingerprint density at radius 3 is 2.85 bits per heavy atom. The van der Waals surface area contributed by atoms with Gasteiger partial charge in [0.2, 0.25) is 5.88 Å². The summed E-state index contributed by atoms with van der Waals surface area (Å²) in [7, 11) is 0. The molecule has 3 aromatic rings. The first-order chi connectivity index (χ1) is 16.4. The lowest BCUT2D eigenvalue weighted by Crippen LogP contribution is -2.29. The number of aromatic amines is 1. The molecule has 9 nitrogen and oxygen atoms in total. The number of aliphatic carboxylic acids is 1. The zero-order chi connectivity index (χ0) is 24.2. The SMILES string of the molecule is N=Nc1c(O)[nH]c2ccc(-c3cccc(/C=C4\SC(=S)N(CCCCCC(=O)O)C4=O)n3)cc12. The second kappa shape index (κ2) is 10.1. The fourth-order valence-corrected chi connectivity index (χ4v) is 4.97. The normalized spacial score (nSPS) is 14.9. The van der Waals surface area contributed by atoms with Crippen LogP contribution in [0.2, 0.25) is 0 Å². The molecule has 0 unspecified atom stereocenters. The van der Waals surface area contributed by atoms with E-state index >= 15 is 0 Å². The molecule has 0 radical (unpaired) electrons. The van der Waals surface area contributed by atoms with E-state index in [4.69, 9.17) is 22.9 Å². The molecule has 4 N–H and O–H groups in total. The van der Waals surface area contributed by atoms with Gasteiger partial charge in [0.15, 0.2) is 5.69 Å². The summed E-state index contributed by atoms with van der Waals surface area (Å²) in [5, 5.41) is 22.6. The van der Waals surface area contributed by atoms with Gasteiger partial charge in [-0.1, -0.05) is 42.5 Å². The van der Waals surface area contributed by atoms with Crippen molar-refractivity contribution >= 4 is 62.8 Å². The highest BCUT2D eigenvalue weighted by Gasteiger charge is 2.31. The van der Waals surface area contributed by atoms with Crippen molar-refractivity contribution in [2.24, 2.45) is 5.11 Å². The number of nitrogens with zero attached hydrogens (tertiary/aromatic N) is 3. The number of nitrogens with one attached hydrogen (secondary N) is 2. The van der Waals surface area contributed by atoms with E-state index in [9.17, 15) is 14.7 Å². The molecule has 1 saturated heterocycles. The standard InChI is InChI=1S/C23H21N5O4S2/c24-27-20-15-11-13(8-9-17(15)26-21(20)31)16-6-4-5-14(25-16)12-18-22(32)28(23(33)34-18)10-3-1-2-7-19(29)30/h4-6,8-9,11-12,24,26,31H,1-3,7,10H2,(H,29,30)/b18-12-,27-24?. The second-order valence-electron chi connectivity index (χ2n) is 7.68. The van der Waals surface area contributed by atoms with Gasteiger partial charge in [0.05, 0.1) is 21.8 Å². The summed E-state index contributed by atoms with van der Waals surface area (Å²) in [5.74, 6) is -1.15. The van der Waals surface area contributed by atoms with Crippen molar-refractivity contribution in [3.63, 3.8) is 0 Å². The van der Waals surface area contributed by atoms with Crippen molar-refractivity contribution < 1.29 is 19.8 Å². The van der Waals surface area contributed by atoms with Gasteiger partial charge in [-0.2, -0.15) is 5.11 Å². The summed E-state index contributed by atoms with van der Waals surface area (Å²) < 4.78 is 0.482. The van der Waals surface area contributed by atoms with E-state index in [0.29, 0.717) is 57.3 Å². The Bertz CT molecular complexity index is 1330. The summed E-state index contributed by atoms with van der Waals surface area (Å²) >= 11 is 6.59. The molecular formula is C23H21N5O4S2. The van der Waals surface area contributed by atoms with Crippen LogP contribution in [0, 0.1) is 5.53 Å². The van der Waals surface area contributed by atoms with Crippen LogP contribution in [-0.2, 0) is 9.59 Å². The third-order valence-corrected chi connectivity index (χ3v) is 6.73. The Kier molecular flexibility index (Phi) is 7.03. The number of fused-ring (bicyclic) bond motifs is 1. The molecule has 0 bridgehead atoms. The predicted molar refractivity (Wildman–Crippen MR) is 134 cm³/mol. The number of pyridine rings is 1. The van der Waals surface area contributed by atoms with Crippen LogP contribution in [0.3, 0.4) is 0 Å². The van der Waals surface area contributed by atoms with Crippen LogP contribution in [0.1, 0.15) is 31.4 Å². The third-order valence-electron chi connectivity index (χ3n) is 5.36. The summed E-state index contributed by atoms with van der Waals surface area (Å²) in [5.41, 5.74) is 10.2. The Balaban J connectivity index is 1.51. The maximum absolute atomic E-state index is 12.8. The van der Waals surface area contributed by atoms with Gasteiger partial charge in [0.25, 0.3) is 5.91 Å². The van der Waals surface area contributed by atoms with Crippen LogP contribution in [0.15, 0.2) is 46.4 Å². The third kappa shape index (κ3) is 5.00.